The maximum atomic E-state index is 13.1. The maximum Gasteiger partial charge on any atom is 0.416 e. The molecule has 1 aromatic carbocycles. The Morgan fingerprint density at radius 3 is 2.68 bits per heavy atom. The number of nitrogens with one attached hydrogen (secondary N) is 1. The largest absolute Gasteiger partial charge is 0.497 e. The molecule has 0 aliphatic rings. The van der Waals surface area contributed by atoms with Crippen LogP contribution in [0, 0.1) is 0 Å². The van der Waals surface area contributed by atoms with Crippen molar-refractivity contribution in [3.05, 3.63) is 54.4 Å². The monoisotopic (exact) mass is 308 g/mol. The Bertz CT molecular complexity index is 754. The summed E-state index contributed by atoms with van der Waals surface area (Å²) in [7, 11) is 1.52. The molecule has 2 rings (SSSR count). The predicted octanol–water partition coefficient (Wildman–Crippen LogP) is 4.65. The van der Waals surface area contributed by atoms with Crippen molar-refractivity contribution in [2.24, 2.45) is 0 Å². The van der Waals surface area contributed by atoms with Crippen LogP contribution in [0.5, 0.6) is 5.75 Å². The van der Waals surface area contributed by atoms with Crippen LogP contribution in [0.15, 0.2) is 48.6 Å². The van der Waals surface area contributed by atoms with E-state index in [9.17, 15) is 13.2 Å². The van der Waals surface area contributed by atoms with Crippen LogP contribution < -0.4 is 4.74 Å². The summed E-state index contributed by atoms with van der Waals surface area (Å²) >= 11 is 0. The van der Waals surface area contributed by atoms with Crippen molar-refractivity contribution in [3.8, 4) is 5.75 Å². The number of hydrogen-bond acceptors (Lipinski definition) is 2. The standard InChI is InChI=1S/C16H15F3N2O/c1-4-5-6-12(16(17,18)19)10(2)15-20-13-8-7-11(22-3)9-14(13)21-15/h4-9H,1H2,2-3H3,(H,20,21)/b6-5-,12-10-. The molecule has 0 aliphatic heterocycles. The van der Waals surface area contributed by atoms with Gasteiger partial charge in [-0.05, 0) is 25.1 Å². The fourth-order valence-corrected chi connectivity index (χ4v) is 2.01. The molecule has 0 bridgehead atoms. The SMILES string of the molecule is C=C/C=C\C(=C(/C)c1nc2cc(OC)ccc2[nH]1)C(F)(F)F. The molecule has 0 saturated heterocycles. The van der Waals surface area contributed by atoms with Crippen molar-refractivity contribution in [1.29, 1.82) is 0 Å². The number of allylic oxidation sites excluding steroid dienone is 5. The second-order valence-electron chi connectivity index (χ2n) is 4.60. The summed E-state index contributed by atoms with van der Waals surface area (Å²) in [4.78, 5) is 7.10. The van der Waals surface area contributed by atoms with E-state index in [1.165, 1.54) is 26.2 Å². The molecular weight excluding hydrogens is 293 g/mol. The van der Waals surface area contributed by atoms with E-state index in [0.29, 0.717) is 16.8 Å². The summed E-state index contributed by atoms with van der Waals surface area (Å²) in [6.45, 7) is 4.77. The fourth-order valence-electron chi connectivity index (χ4n) is 2.01. The van der Waals surface area contributed by atoms with Crippen molar-refractivity contribution in [3.63, 3.8) is 0 Å². The third-order valence-electron chi connectivity index (χ3n) is 3.15. The summed E-state index contributed by atoms with van der Waals surface area (Å²) in [5.41, 5.74) is 0.437. The number of H-pyrrole nitrogens is 1. The Labute approximate surface area is 125 Å². The number of nitrogens with zero attached hydrogens (tertiary/aromatic N) is 1. The van der Waals surface area contributed by atoms with Crippen molar-refractivity contribution < 1.29 is 17.9 Å². The molecule has 6 heteroatoms. The number of imidazole rings is 1. The van der Waals surface area contributed by atoms with Crippen molar-refractivity contribution in [2.45, 2.75) is 13.1 Å². The minimum atomic E-state index is -4.47. The second kappa shape index (κ2) is 6.09. The normalized spacial score (nSPS) is 13.5. The molecule has 1 aromatic heterocycles. The van der Waals surface area contributed by atoms with Gasteiger partial charge in [-0.1, -0.05) is 18.7 Å². The number of aromatic nitrogens is 2. The van der Waals surface area contributed by atoms with Gasteiger partial charge in [0.05, 0.1) is 23.7 Å². The third kappa shape index (κ3) is 3.21. The molecule has 22 heavy (non-hydrogen) atoms. The average molecular weight is 308 g/mol. The van der Waals surface area contributed by atoms with Crippen molar-refractivity contribution >= 4 is 16.6 Å². The van der Waals surface area contributed by atoms with Gasteiger partial charge in [0.25, 0.3) is 0 Å². The first-order valence-corrected chi connectivity index (χ1v) is 6.48. The molecule has 0 atom stereocenters. The Balaban J connectivity index is 2.58. The average Bonchev–Trinajstić information content (AvgIpc) is 2.88. The molecule has 1 heterocycles. The van der Waals surface area contributed by atoms with Gasteiger partial charge < -0.3 is 9.72 Å². The molecular formula is C16H15F3N2O. The molecule has 3 nitrogen and oxygen atoms in total. The van der Waals surface area contributed by atoms with E-state index in [0.717, 1.165) is 6.08 Å². The van der Waals surface area contributed by atoms with Gasteiger partial charge in [-0.15, -0.1) is 0 Å². The summed E-state index contributed by atoms with van der Waals surface area (Å²) in [6, 6.07) is 5.09. The van der Waals surface area contributed by atoms with Gasteiger partial charge in [-0.3, -0.25) is 0 Å². The molecule has 0 aliphatic carbocycles. The number of methoxy groups -OCH3 is 1. The lowest BCUT2D eigenvalue weighted by Crippen LogP contribution is -2.12. The number of benzene rings is 1. The summed E-state index contributed by atoms with van der Waals surface area (Å²) in [5, 5.41) is 0. The van der Waals surface area contributed by atoms with E-state index in [4.69, 9.17) is 4.74 Å². The number of alkyl halides is 3. The van der Waals surface area contributed by atoms with Gasteiger partial charge in [0, 0.05) is 11.6 Å². The Kier molecular flexibility index (Phi) is 4.40. The molecule has 0 fully saturated rings. The quantitative estimate of drug-likeness (QED) is 0.835. The topological polar surface area (TPSA) is 37.9 Å². The van der Waals surface area contributed by atoms with E-state index in [1.807, 2.05) is 0 Å². The highest BCUT2D eigenvalue weighted by Crippen LogP contribution is 2.33. The van der Waals surface area contributed by atoms with Crippen LogP contribution in [0.25, 0.3) is 16.6 Å². The lowest BCUT2D eigenvalue weighted by Gasteiger charge is -2.10. The molecule has 0 unspecified atom stereocenters. The highest BCUT2D eigenvalue weighted by molar-refractivity contribution is 5.81. The van der Waals surface area contributed by atoms with Gasteiger partial charge in [0.15, 0.2) is 0 Å². The smallest absolute Gasteiger partial charge is 0.416 e. The van der Waals surface area contributed by atoms with Gasteiger partial charge >= 0.3 is 6.18 Å². The Morgan fingerprint density at radius 2 is 2.09 bits per heavy atom. The lowest BCUT2D eigenvalue weighted by molar-refractivity contribution is -0.0876. The third-order valence-corrected chi connectivity index (χ3v) is 3.15. The zero-order valence-corrected chi connectivity index (χ0v) is 12.2. The second-order valence-corrected chi connectivity index (χ2v) is 4.60. The zero-order chi connectivity index (χ0) is 16.3. The van der Waals surface area contributed by atoms with E-state index >= 15 is 0 Å². The van der Waals surface area contributed by atoms with Crippen LogP contribution in [-0.2, 0) is 0 Å². The first-order chi connectivity index (χ1) is 10.4. The van der Waals surface area contributed by atoms with Gasteiger partial charge in [0.1, 0.15) is 11.6 Å². The Morgan fingerprint density at radius 1 is 1.36 bits per heavy atom. The number of hydrogen-bond donors (Lipinski definition) is 1. The van der Waals surface area contributed by atoms with Crippen LogP contribution in [0.3, 0.4) is 0 Å². The lowest BCUT2D eigenvalue weighted by atomic mass is 10.1. The van der Waals surface area contributed by atoms with Gasteiger partial charge in [-0.2, -0.15) is 13.2 Å². The number of ether oxygens (including phenoxy) is 1. The Hall–Kier alpha value is -2.50. The number of halogens is 3. The molecule has 0 amide bonds. The maximum absolute atomic E-state index is 13.1. The summed E-state index contributed by atoms with van der Waals surface area (Å²) < 4.78 is 44.5. The van der Waals surface area contributed by atoms with Crippen LogP contribution in [-0.4, -0.2) is 23.3 Å². The highest BCUT2D eigenvalue weighted by Gasteiger charge is 2.34. The van der Waals surface area contributed by atoms with Crippen LogP contribution in [0.1, 0.15) is 12.7 Å². The molecule has 0 spiro atoms. The number of aromatic amines is 1. The van der Waals surface area contributed by atoms with E-state index in [1.54, 1.807) is 18.2 Å². The molecule has 0 saturated carbocycles. The minimum Gasteiger partial charge on any atom is -0.497 e. The molecule has 116 valence electrons. The molecule has 1 N–H and O–H groups in total. The highest BCUT2D eigenvalue weighted by atomic mass is 19.4. The number of rotatable bonds is 4. The zero-order valence-electron chi connectivity index (χ0n) is 12.2. The predicted molar refractivity (Wildman–Crippen MR) is 80.6 cm³/mol. The first kappa shape index (κ1) is 15.9. The van der Waals surface area contributed by atoms with Crippen LogP contribution in [0.2, 0.25) is 0 Å². The molecule has 2 aromatic rings. The number of fused-ring (bicyclic) bond motifs is 1. The summed E-state index contributed by atoms with van der Waals surface area (Å²) in [5.74, 6) is 0.763. The van der Waals surface area contributed by atoms with Crippen LogP contribution >= 0.6 is 0 Å². The van der Waals surface area contributed by atoms with Gasteiger partial charge in [-0.25, -0.2) is 4.98 Å². The van der Waals surface area contributed by atoms with Crippen LogP contribution in [0.4, 0.5) is 13.2 Å². The fraction of sp³-hybridized carbons (Fsp3) is 0.188. The first-order valence-electron chi connectivity index (χ1n) is 6.48. The van der Waals surface area contributed by atoms with E-state index < -0.39 is 11.7 Å². The van der Waals surface area contributed by atoms with E-state index in [-0.39, 0.29) is 11.4 Å². The summed E-state index contributed by atoms with van der Waals surface area (Å²) in [6.07, 6.45) is -0.948. The van der Waals surface area contributed by atoms with E-state index in [2.05, 4.69) is 16.5 Å². The molecule has 0 radical (unpaired) electrons. The van der Waals surface area contributed by atoms with Crippen molar-refractivity contribution in [2.75, 3.05) is 7.11 Å². The van der Waals surface area contributed by atoms with Gasteiger partial charge in [0.2, 0.25) is 0 Å². The minimum absolute atomic E-state index is 0.0146. The van der Waals surface area contributed by atoms with Crippen molar-refractivity contribution in [1.82, 2.24) is 9.97 Å².